The number of hydrogen-bond acceptors (Lipinski definition) is 6. The maximum absolute atomic E-state index is 11.8. The van der Waals surface area contributed by atoms with Crippen LogP contribution in [0.1, 0.15) is 25.8 Å². The molecule has 1 fully saturated rings. The molecule has 142 valence electrons. The number of rotatable bonds is 7. The average molecular weight is 389 g/mol. The highest BCUT2D eigenvalue weighted by molar-refractivity contribution is 6.32. The molecule has 0 bridgehead atoms. The van der Waals surface area contributed by atoms with E-state index in [0.29, 0.717) is 11.6 Å². The number of nitrogens with one attached hydrogen (secondary N) is 4. The van der Waals surface area contributed by atoms with Gasteiger partial charge in [0.2, 0.25) is 11.9 Å². The maximum Gasteiger partial charge on any atom is 0.244 e. The van der Waals surface area contributed by atoms with Crippen molar-refractivity contribution < 1.29 is 4.79 Å². The lowest BCUT2D eigenvalue weighted by molar-refractivity contribution is -0.123. The fraction of sp³-hybridized carbons (Fsp3) is 0.412. The van der Waals surface area contributed by atoms with E-state index in [1.807, 2.05) is 12.3 Å². The lowest BCUT2D eigenvalue weighted by Crippen LogP contribution is -2.28. The van der Waals surface area contributed by atoms with Crippen LogP contribution in [0.3, 0.4) is 0 Å². The van der Waals surface area contributed by atoms with Gasteiger partial charge in [0.25, 0.3) is 0 Å². The molecule has 1 unspecified atom stereocenters. The van der Waals surface area contributed by atoms with E-state index >= 15 is 0 Å². The Balaban J connectivity index is 1.59. The first kappa shape index (κ1) is 17.6. The van der Waals surface area contributed by atoms with Crippen LogP contribution in [0.4, 0.5) is 17.5 Å². The molecule has 4 rings (SSSR count). The predicted octanol–water partition coefficient (Wildman–Crippen LogP) is 2.68. The maximum atomic E-state index is 11.8. The number of hydrogen-bond donors (Lipinski definition) is 4. The number of likely N-dealkylation sites (N-methyl/N-ethyl adjacent to an activating group) is 1. The molecule has 3 aromatic rings. The van der Waals surface area contributed by atoms with Gasteiger partial charge in [-0.15, -0.1) is 0 Å². The third-order valence-electron chi connectivity index (χ3n) is 4.63. The third kappa shape index (κ3) is 3.68. The Labute approximate surface area is 160 Å². The largest absolute Gasteiger partial charge is 0.369 e. The van der Waals surface area contributed by atoms with Gasteiger partial charge in [0.05, 0.1) is 17.3 Å². The second kappa shape index (κ2) is 7.07. The number of nitrogens with zero attached hydrogens (tertiary/aromatic N) is 4. The summed E-state index contributed by atoms with van der Waals surface area (Å²) in [5.41, 5.74) is 1.26. The summed E-state index contributed by atoms with van der Waals surface area (Å²) in [4.78, 5) is 24.0. The van der Waals surface area contributed by atoms with Gasteiger partial charge in [0.15, 0.2) is 5.15 Å². The van der Waals surface area contributed by atoms with Crippen molar-refractivity contribution in [1.82, 2.24) is 30.0 Å². The summed E-state index contributed by atoms with van der Waals surface area (Å²) in [5, 5.41) is 14.5. The van der Waals surface area contributed by atoms with Crippen molar-refractivity contribution in [2.45, 2.75) is 25.8 Å². The molecule has 1 saturated carbocycles. The molecule has 4 N–H and O–H groups in total. The van der Waals surface area contributed by atoms with Crippen molar-refractivity contribution in [2.24, 2.45) is 5.92 Å². The molecule has 0 radical (unpaired) electrons. The molecule has 9 nitrogen and oxygen atoms in total. The van der Waals surface area contributed by atoms with Crippen LogP contribution in [0, 0.1) is 5.92 Å². The number of amides is 1. The monoisotopic (exact) mass is 388 g/mol. The highest BCUT2D eigenvalue weighted by Gasteiger charge is 2.22. The highest BCUT2D eigenvalue weighted by Crippen LogP contribution is 2.31. The summed E-state index contributed by atoms with van der Waals surface area (Å²) in [5.74, 6) is 1.75. The van der Waals surface area contributed by atoms with Gasteiger partial charge >= 0.3 is 0 Å². The SMILES string of the molecule is CNC(=O)C(C)n1cc(Nc2nc(NCC3CC3)c3cc[nH]c3n2)c(Cl)n1. The predicted molar refractivity (Wildman–Crippen MR) is 104 cm³/mol. The number of H-pyrrole nitrogens is 1. The lowest BCUT2D eigenvalue weighted by Gasteiger charge is -2.10. The van der Waals surface area contributed by atoms with Crippen molar-refractivity contribution in [3.05, 3.63) is 23.6 Å². The zero-order chi connectivity index (χ0) is 19.0. The Morgan fingerprint density at radius 1 is 1.44 bits per heavy atom. The molecule has 1 atom stereocenters. The highest BCUT2D eigenvalue weighted by atomic mass is 35.5. The molecule has 3 aromatic heterocycles. The normalized spacial score (nSPS) is 14.9. The molecule has 1 amide bonds. The number of halogens is 1. The standard InChI is InChI=1S/C17H21ClN8O/c1-9(16(27)19-2)26-8-12(13(18)25-26)22-17-23-14-11(5-6-20-14)15(24-17)21-7-10-3-4-10/h5-6,8-10H,3-4,7H2,1-2H3,(H,19,27)(H3,20,21,22,23,24). The molecule has 0 spiro atoms. The Hall–Kier alpha value is -2.81. The minimum absolute atomic E-state index is 0.156. The second-order valence-electron chi connectivity index (χ2n) is 6.69. The topological polar surface area (TPSA) is 113 Å². The molecule has 1 aliphatic carbocycles. The van der Waals surface area contributed by atoms with Crippen molar-refractivity contribution in [1.29, 1.82) is 0 Å². The van der Waals surface area contributed by atoms with Gasteiger partial charge < -0.3 is 20.9 Å². The van der Waals surface area contributed by atoms with Crippen LogP contribution < -0.4 is 16.0 Å². The Bertz CT molecular complexity index is 977. The first-order chi connectivity index (χ1) is 13.0. The van der Waals surface area contributed by atoms with Crippen LogP contribution in [0.2, 0.25) is 5.15 Å². The molecule has 27 heavy (non-hydrogen) atoms. The van der Waals surface area contributed by atoms with Crippen molar-refractivity contribution in [3.63, 3.8) is 0 Å². The number of aromatic nitrogens is 5. The molecule has 0 aromatic carbocycles. The molecule has 0 aliphatic heterocycles. The Morgan fingerprint density at radius 3 is 3.00 bits per heavy atom. The van der Waals surface area contributed by atoms with E-state index in [2.05, 4.69) is 36.0 Å². The molecule has 10 heteroatoms. The van der Waals surface area contributed by atoms with Crippen LogP contribution in [0.15, 0.2) is 18.5 Å². The smallest absolute Gasteiger partial charge is 0.244 e. The van der Waals surface area contributed by atoms with E-state index in [1.165, 1.54) is 17.5 Å². The molecule has 3 heterocycles. The number of anilines is 3. The van der Waals surface area contributed by atoms with Crippen molar-refractivity contribution >= 4 is 46.0 Å². The van der Waals surface area contributed by atoms with Crippen LogP contribution in [0.5, 0.6) is 0 Å². The van der Waals surface area contributed by atoms with E-state index in [-0.39, 0.29) is 11.1 Å². The molecule has 0 saturated heterocycles. The molecular formula is C17H21ClN8O. The van der Waals surface area contributed by atoms with Gasteiger partial charge in [-0.3, -0.25) is 9.48 Å². The van der Waals surface area contributed by atoms with E-state index in [4.69, 9.17) is 11.6 Å². The van der Waals surface area contributed by atoms with Gasteiger partial charge in [-0.1, -0.05) is 11.6 Å². The second-order valence-corrected chi connectivity index (χ2v) is 7.05. The van der Waals surface area contributed by atoms with Gasteiger partial charge in [-0.25, -0.2) is 0 Å². The Kier molecular flexibility index (Phi) is 4.61. The zero-order valence-corrected chi connectivity index (χ0v) is 15.8. The minimum atomic E-state index is -0.481. The van der Waals surface area contributed by atoms with E-state index in [1.54, 1.807) is 20.2 Å². The fourth-order valence-corrected chi connectivity index (χ4v) is 2.98. The van der Waals surface area contributed by atoms with Crippen LogP contribution in [0.25, 0.3) is 11.0 Å². The Morgan fingerprint density at radius 2 is 2.26 bits per heavy atom. The molecular weight excluding hydrogens is 368 g/mol. The number of fused-ring (bicyclic) bond motifs is 1. The van der Waals surface area contributed by atoms with Gasteiger partial charge in [-0.05, 0) is 31.7 Å². The van der Waals surface area contributed by atoms with E-state index in [0.717, 1.165) is 29.3 Å². The fourth-order valence-electron chi connectivity index (χ4n) is 2.80. The zero-order valence-electron chi connectivity index (χ0n) is 15.1. The summed E-state index contributed by atoms with van der Waals surface area (Å²) in [6.07, 6.45) is 6.03. The number of carbonyl (C=O) groups excluding carboxylic acids is 1. The van der Waals surface area contributed by atoms with Gasteiger partial charge in [0.1, 0.15) is 17.5 Å². The number of carbonyl (C=O) groups is 1. The minimum Gasteiger partial charge on any atom is -0.369 e. The number of aromatic amines is 1. The van der Waals surface area contributed by atoms with Gasteiger partial charge in [-0.2, -0.15) is 15.1 Å². The summed E-state index contributed by atoms with van der Waals surface area (Å²) >= 11 is 6.23. The van der Waals surface area contributed by atoms with E-state index in [9.17, 15) is 4.79 Å². The van der Waals surface area contributed by atoms with Crippen molar-refractivity contribution in [3.8, 4) is 0 Å². The third-order valence-corrected chi connectivity index (χ3v) is 4.91. The van der Waals surface area contributed by atoms with Crippen LogP contribution in [-0.4, -0.2) is 44.2 Å². The summed E-state index contributed by atoms with van der Waals surface area (Å²) in [6.45, 7) is 2.65. The van der Waals surface area contributed by atoms with E-state index < -0.39 is 6.04 Å². The van der Waals surface area contributed by atoms with Crippen LogP contribution >= 0.6 is 11.6 Å². The first-order valence-corrected chi connectivity index (χ1v) is 9.25. The summed E-state index contributed by atoms with van der Waals surface area (Å²) < 4.78 is 1.50. The van der Waals surface area contributed by atoms with Gasteiger partial charge in [0, 0.05) is 19.8 Å². The van der Waals surface area contributed by atoms with Crippen molar-refractivity contribution in [2.75, 3.05) is 24.2 Å². The average Bonchev–Trinajstić information content (AvgIpc) is 3.26. The summed E-state index contributed by atoms with van der Waals surface area (Å²) in [6, 6.07) is 1.47. The van der Waals surface area contributed by atoms with Crippen LogP contribution in [-0.2, 0) is 4.79 Å². The quantitative estimate of drug-likeness (QED) is 0.495. The molecule has 1 aliphatic rings. The first-order valence-electron chi connectivity index (χ1n) is 8.87. The lowest BCUT2D eigenvalue weighted by atomic mass is 10.3. The summed E-state index contributed by atoms with van der Waals surface area (Å²) in [7, 11) is 1.58.